The molecule has 6 aromatic rings. The van der Waals surface area contributed by atoms with Crippen molar-refractivity contribution in [2.45, 2.75) is 90.7 Å². The number of imidazole rings is 2. The first kappa shape index (κ1) is 45.8. The van der Waals surface area contributed by atoms with Crippen molar-refractivity contribution >= 4 is 34.9 Å². The van der Waals surface area contributed by atoms with Gasteiger partial charge >= 0.3 is 12.2 Å². The molecule has 4 amide bonds. The summed E-state index contributed by atoms with van der Waals surface area (Å²) in [5.74, 6) is 2.22. The second-order valence-electron chi connectivity index (χ2n) is 18.3. The van der Waals surface area contributed by atoms with Crippen molar-refractivity contribution in [3.05, 3.63) is 96.3 Å². The van der Waals surface area contributed by atoms with Crippen molar-refractivity contribution in [3.8, 4) is 45.3 Å². The van der Waals surface area contributed by atoms with Gasteiger partial charge in [-0.05, 0) is 86.9 Å². The summed E-state index contributed by atoms with van der Waals surface area (Å²) < 4.78 is 24.8. The number of aromatic nitrogens is 5. The molecule has 3 aromatic carbocycles. The molecule has 68 heavy (non-hydrogen) atoms. The van der Waals surface area contributed by atoms with Crippen molar-refractivity contribution in [2.24, 2.45) is 11.8 Å². The number of carbonyl (C=O) groups excluding carboxylic acids is 4. The van der Waals surface area contributed by atoms with Crippen LogP contribution in [-0.2, 0) is 19.1 Å². The molecule has 0 radical (unpaired) electrons. The Morgan fingerprint density at radius 2 is 1.32 bits per heavy atom. The quantitative estimate of drug-likeness (QED) is 0.0871. The fraction of sp³-hybridized carbons (Fsp3) is 0.412. The van der Waals surface area contributed by atoms with E-state index in [0.717, 1.165) is 81.7 Å². The summed E-state index contributed by atoms with van der Waals surface area (Å²) >= 11 is 0. The molecule has 3 aliphatic rings. The molecule has 17 nitrogen and oxygen atoms in total. The Hall–Kier alpha value is -7.30. The maximum absolute atomic E-state index is 13.8. The van der Waals surface area contributed by atoms with Crippen LogP contribution in [0.1, 0.15) is 95.8 Å². The Balaban J connectivity index is 1.03. The van der Waals surface area contributed by atoms with Gasteiger partial charge in [0.15, 0.2) is 0 Å². The second-order valence-corrected chi connectivity index (χ2v) is 18.3. The van der Waals surface area contributed by atoms with Gasteiger partial charge in [0.2, 0.25) is 18.0 Å². The van der Waals surface area contributed by atoms with E-state index >= 15 is 0 Å². The minimum Gasteiger partial charge on any atom is -0.494 e. The molecule has 17 heteroatoms. The number of fused-ring (bicyclic) bond motifs is 5. The Kier molecular flexibility index (Phi) is 12.9. The number of hydrogen-bond donors (Lipinski definition) is 4. The molecule has 4 N–H and O–H groups in total. The van der Waals surface area contributed by atoms with Gasteiger partial charge in [-0.25, -0.2) is 19.6 Å². The third-order valence-electron chi connectivity index (χ3n) is 13.3. The molecular formula is C51H59N9O8. The first-order valence-electron chi connectivity index (χ1n) is 23.5. The van der Waals surface area contributed by atoms with Gasteiger partial charge in [-0.1, -0.05) is 52.0 Å². The third kappa shape index (κ3) is 8.72. The minimum absolute atomic E-state index is 0.135. The lowest BCUT2D eigenvalue weighted by molar-refractivity contribution is -0.136. The fourth-order valence-electron chi connectivity index (χ4n) is 9.87. The highest BCUT2D eigenvalue weighted by Crippen LogP contribution is 2.46. The van der Waals surface area contributed by atoms with Crippen molar-refractivity contribution in [2.75, 3.05) is 33.9 Å². The first-order chi connectivity index (χ1) is 32.9. The highest BCUT2D eigenvalue weighted by molar-refractivity contribution is 5.93. The molecule has 0 unspecified atom stereocenters. The number of ether oxygens (including phenoxy) is 4. The van der Waals surface area contributed by atoms with Crippen LogP contribution in [0.4, 0.5) is 9.59 Å². The van der Waals surface area contributed by atoms with E-state index in [2.05, 4.69) is 55.5 Å². The number of carbonyl (C=O) groups is 4. The van der Waals surface area contributed by atoms with Crippen LogP contribution in [0.5, 0.6) is 11.5 Å². The van der Waals surface area contributed by atoms with E-state index in [4.69, 9.17) is 28.9 Å². The normalized spacial score (nSPS) is 18.5. The number of methoxy groups -OCH3 is 2. The Morgan fingerprint density at radius 1 is 0.750 bits per heavy atom. The molecule has 2 saturated heterocycles. The van der Waals surface area contributed by atoms with Crippen molar-refractivity contribution in [1.29, 1.82) is 0 Å². The zero-order valence-electron chi connectivity index (χ0n) is 39.5. The number of aromatic amines is 2. The number of hydrogen-bond acceptors (Lipinski definition) is 10. The first-order valence-corrected chi connectivity index (χ1v) is 23.5. The van der Waals surface area contributed by atoms with Gasteiger partial charge in [0, 0.05) is 40.7 Å². The summed E-state index contributed by atoms with van der Waals surface area (Å²) in [5.41, 5.74) is 7.21. The van der Waals surface area contributed by atoms with Crippen LogP contribution < -0.4 is 20.1 Å². The molecule has 0 bridgehead atoms. The van der Waals surface area contributed by atoms with Gasteiger partial charge in [0.25, 0.3) is 0 Å². The lowest BCUT2D eigenvalue weighted by Gasteiger charge is -2.31. The average molecular weight is 926 g/mol. The summed E-state index contributed by atoms with van der Waals surface area (Å²) in [7, 11) is 2.58. The molecular weight excluding hydrogens is 867 g/mol. The van der Waals surface area contributed by atoms with E-state index in [1.807, 2.05) is 82.1 Å². The highest BCUT2D eigenvalue weighted by Gasteiger charge is 2.39. The van der Waals surface area contributed by atoms with Crippen molar-refractivity contribution in [3.63, 3.8) is 0 Å². The number of rotatable bonds is 13. The van der Waals surface area contributed by atoms with Crippen LogP contribution in [0.3, 0.4) is 0 Å². The van der Waals surface area contributed by atoms with E-state index in [9.17, 15) is 19.2 Å². The summed E-state index contributed by atoms with van der Waals surface area (Å²) in [6, 6.07) is 20.7. The van der Waals surface area contributed by atoms with E-state index in [1.54, 1.807) is 11.1 Å². The summed E-state index contributed by atoms with van der Waals surface area (Å²) in [4.78, 5) is 72.1. The van der Waals surface area contributed by atoms with Crippen molar-refractivity contribution in [1.82, 2.24) is 44.9 Å². The molecule has 0 aliphatic carbocycles. The lowest BCUT2D eigenvalue weighted by atomic mass is 10.0. The van der Waals surface area contributed by atoms with E-state index < -0.39 is 30.5 Å². The van der Waals surface area contributed by atoms with Crippen LogP contribution in [0.2, 0.25) is 0 Å². The number of alkyl carbamates (subject to hydrolysis) is 2. The molecule has 0 spiro atoms. The van der Waals surface area contributed by atoms with Crippen LogP contribution in [0, 0.1) is 11.8 Å². The topological polar surface area (TPSA) is 198 Å². The summed E-state index contributed by atoms with van der Waals surface area (Å²) in [6.45, 7) is 11.2. The van der Waals surface area contributed by atoms with Crippen LogP contribution in [0.25, 0.3) is 44.7 Å². The number of H-pyrrole nitrogens is 2. The van der Waals surface area contributed by atoms with Gasteiger partial charge in [0.05, 0.1) is 67.9 Å². The van der Waals surface area contributed by atoms with Crippen LogP contribution in [0.15, 0.2) is 79.1 Å². The van der Waals surface area contributed by atoms with Gasteiger partial charge in [-0.15, -0.1) is 0 Å². The predicted octanol–water partition coefficient (Wildman–Crippen LogP) is 8.51. The SMILES string of the molecule is CCOc1cccc([C@@H]2Oc3cc(-c4cnc([C@@H]5CCCN5C(=O)[C@@H](NC(=O)OC)C(C)C)[nH]4)ccc3-c3cc4cc(-c5cnc([C@@H]6CCCN6C(=O)[C@@H](NC(=O)OC)C(C)C)[nH]5)ccc4n32)c1. The maximum atomic E-state index is 13.8. The van der Waals surface area contributed by atoms with Gasteiger partial charge in [-0.3, -0.25) is 9.59 Å². The van der Waals surface area contributed by atoms with E-state index in [1.165, 1.54) is 14.2 Å². The zero-order chi connectivity index (χ0) is 47.8. The van der Waals surface area contributed by atoms with Gasteiger partial charge < -0.3 is 53.9 Å². The van der Waals surface area contributed by atoms with Gasteiger partial charge in [-0.2, -0.15) is 0 Å². The zero-order valence-corrected chi connectivity index (χ0v) is 39.5. The molecule has 356 valence electrons. The number of likely N-dealkylation sites (tertiary alicyclic amines) is 2. The standard InChI is InChI=1S/C51H59N9O8/c1-8-67-34-13-9-12-32(23-34)49-60-38-19-17-30(36-26-52-45(54-36)39-14-10-20-58(39)47(61)43(28(2)3)56-50(63)65-6)22-33(38)24-41(60)35-18-16-31(25-42(35)68-49)37-27-53-46(55-37)40-15-11-21-59(40)48(62)44(29(4)5)57-51(64)66-7/h9,12-13,16-19,22-29,39-40,43-44,49H,8,10-11,14-15,20-21H2,1-7H3,(H,52,54)(H,53,55)(H,56,63)(H,57,64)/t39-,40-,43-,44-,49-/m0/s1. The maximum Gasteiger partial charge on any atom is 0.407 e. The average Bonchev–Trinajstić information content (AvgIpc) is 4.20. The third-order valence-corrected chi connectivity index (χ3v) is 13.3. The van der Waals surface area contributed by atoms with Crippen LogP contribution >= 0.6 is 0 Å². The molecule has 5 atom stereocenters. The second kappa shape index (κ2) is 19.1. The molecule has 2 fully saturated rings. The Labute approximate surface area is 394 Å². The van der Waals surface area contributed by atoms with Gasteiger partial charge in [0.1, 0.15) is 35.2 Å². The predicted molar refractivity (Wildman–Crippen MR) is 255 cm³/mol. The van der Waals surface area contributed by atoms with E-state index in [-0.39, 0.29) is 35.7 Å². The van der Waals surface area contributed by atoms with E-state index in [0.29, 0.717) is 37.1 Å². The largest absolute Gasteiger partial charge is 0.494 e. The number of benzene rings is 3. The molecule has 9 rings (SSSR count). The fourth-order valence-corrected chi connectivity index (χ4v) is 9.87. The summed E-state index contributed by atoms with van der Waals surface area (Å²) in [6.07, 6.45) is 4.91. The molecule has 0 saturated carbocycles. The molecule has 6 heterocycles. The monoisotopic (exact) mass is 925 g/mol. The van der Waals surface area contributed by atoms with Crippen molar-refractivity contribution < 1.29 is 38.1 Å². The Morgan fingerprint density at radius 3 is 1.88 bits per heavy atom. The lowest BCUT2D eigenvalue weighted by Crippen LogP contribution is -2.51. The van der Waals surface area contributed by atoms with Crippen LogP contribution in [-0.4, -0.2) is 104 Å². The number of nitrogens with zero attached hydrogens (tertiary/aromatic N) is 5. The smallest absolute Gasteiger partial charge is 0.407 e. The molecule has 3 aromatic heterocycles. The summed E-state index contributed by atoms with van der Waals surface area (Å²) in [5, 5.41) is 6.44. The highest BCUT2D eigenvalue weighted by atomic mass is 16.5. The Bertz CT molecular complexity index is 2850. The molecule has 3 aliphatic heterocycles. The number of amides is 4. The minimum atomic E-state index is -0.729. The number of nitrogens with one attached hydrogen (secondary N) is 4.